The second-order valence-electron chi connectivity index (χ2n) is 6.22. The van der Waals surface area contributed by atoms with Crippen molar-refractivity contribution in [2.75, 3.05) is 25.0 Å². The monoisotopic (exact) mass is 335 g/mol. The predicted molar refractivity (Wildman–Crippen MR) is 101 cm³/mol. The van der Waals surface area contributed by atoms with Gasteiger partial charge in [0.1, 0.15) is 5.75 Å². The summed E-state index contributed by atoms with van der Waals surface area (Å²) in [5.74, 6) is 0.879. The maximum Gasteiger partial charge on any atom is 0.170 e. The minimum Gasteiger partial charge on any atom is -0.494 e. The van der Waals surface area contributed by atoms with Crippen molar-refractivity contribution >= 4 is 23.0 Å². The van der Waals surface area contributed by atoms with Crippen LogP contribution in [0.2, 0.25) is 0 Å². The van der Waals surface area contributed by atoms with Crippen molar-refractivity contribution < 1.29 is 4.74 Å². The number of rotatable bonds is 6. The van der Waals surface area contributed by atoms with E-state index in [1.807, 2.05) is 31.2 Å². The first-order chi connectivity index (χ1) is 11.1. The number of anilines is 1. The Morgan fingerprint density at radius 3 is 2.74 bits per heavy atom. The number of likely N-dealkylation sites (tertiary alicyclic amines) is 1. The molecule has 2 atom stereocenters. The van der Waals surface area contributed by atoms with Gasteiger partial charge in [-0.25, -0.2) is 0 Å². The lowest BCUT2D eigenvalue weighted by atomic mass is 10.0. The van der Waals surface area contributed by atoms with Crippen LogP contribution in [0.4, 0.5) is 5.69 Å². The van der Waals surface area contributed by atoms with Crippen molar-refractivity contribution in [3.63, 3.8) is 0 Å². The Hall–Kier alpha value is -1.33. The van der Waals surface area contributed by atoms with E-state index in [0.717, 1.165) is 18.0 Å². The smallest absolute Gasteiger partial charge is 0.170 e. The van der Waals surface area contributed by atoms with Crippen molar-refractivity contribution in [1.29, 1.82) is 0 Å². The lowest BCUT2D eigenvalue weighted by molar-refractivity contribution is 0.116. The van der Waals surface area contributed by atoms with Gasteiger partial charge in [-0.2, -0.15) is 0 Å². The molecule has 1 aromatic rings. The molecule has 0 bridgehead atoms. The lowest BCUT2D eigenvalue weighted by Gasteiger charge is -2.38. The van der Waals surface area contributed by atoms with E-state index in [-0.39, 0.29) is 0 Å². The summed E-state index contributed by atoms with van der Waals surface area (Å²) in [5, 5.41) is 7.23. The maximum absolute atomic E-state index is 5.44. The molecular weight excluding hydrogens is 306 g/mol. The van der Waals surface area contributed by atoms with Gasteiger partial charge in [0, 0.05) is 24.3 Å². The molecule has 5 heteroatoms. The average molecular weight is 336 g/mol. The Balaban J connectivity index is 1.75. The Morgan fingerprint density at radius 2 is 2.09 bits per heavy atom. The third-order valence-corrected chi connectivity index (χ3v) is 4.65. The van der Waals surface area contributed by atoms with Crippen LogP contribution in [-0.2, 0) is 0 Å². The number of benzene rings is 1. The van der Waals surface area contributed by atoms with Crippen LogP contribution in [0.15, 0.2) is 24.3 Å². The molecule has 1 aliphatic rings. The van der Waals surface area contributed by atoms with Crippen molar-refractivity contribution in [2.24, 2.45) is 0 Å². The van der Waals surface area contributed by atoms with Crippen molar-refractivity contribution in [1.82, 2.24) is 10.2 Å². The van der Waals surface area contributed by atoms with E-state index in [1.165, 1.54) is 25.8 Å². The van der Waals surface area contributed by atoms with Crippen molar-refractivity contribution in [3.8, 4) is 5.75 Å². The Bertz CT molecular complexity index is 492. The molecule has 2 rings (SSSR count). The molecule has 23 heavy (non-hydrogen) atoms. The molecule has 1 fully saturated rings. The summed E-state index contributed by atoms with van der Waals surface area (Å²) in [6, 6.07) is 9.03. The number of ether oxygens (including phenoxy) is 1. The maximum atomic E-state index is 5.44. The van der Waals surface area contributed by atoms with Gasteiger partial charge < -0.3 is 15.4 Å². The van der Waals surface area contributed by atoms with E-state index < -0.39 is 0 Å². The zero-order chi connectivity index (χ0) is 16.7. The van der Waals surface area contributed by atoms with Crippen LogP contribution in [0, 0.1) is 0 Å². The first-order valence-corrected chi connectivity index (χ1v) is 9.04. The standard InChI is InChI=1S/C18H29N3OS/c1-4-22-17-10-8-16(9-11-17)20-18(23)19-13-15(3)21-12-6-5-7-14(21)2/h8-11,14-15H,4-7,12-13H2,1-3H3,(H2,19,20,23)/t14-,15+/m1/s1. The molecule has 1 aromatic carbocycles. The highest BCUT2D eigenvalue weighted by Crippen LogP contribution is 2.19. The molecule has 0 spiro atoms. The van der Waals surface area contributed by atoms with Gasteiger partial charge in [0.25, 0.3) is 0 Å². The lowest BCUT2D eigenvalue weighted by Crippen LogP contribution is -2.48. The molecule has 4 nitrogen and oxygen atoms in total. The minimum atomic E-state index is 0.491. The molecule has 0 amide bonds. The summed E-state index contributed by atoms with van der Waals surface area (Å²) in [4.78, 5) is 2.58. The molecule has 0 aliphatic carbocycles. The fourth-order valence-electron chi connectivity index (χ4n) is 3.11. The second kappa shape index (κ2) is 9.08. The van der Waals surface area contributed by atoms with E-state index in [0.29, 0.717) is 23.8 Å². The van der Waals surface area contributed by atoms with Gasteiger partial charge in [-0.3, -0.25) is 4.90 Å². The first-order valence-electron chi connectivity index (χ1n) is 8.63. The van der Waals surface area contributed by atoms with Crippen LogP contribution < -0.4 is 15.4 Å². The third kappa shape index (κ3) is 5.66. The minimum absolute atomic E-state index is 0.491. The largest absolute Gasteiger partial charge is 0.494 e. The van der Waals surface area contributed by atoms with E-state index in [4.69, 9.17) is 17.0 Å². The zero-order valence-electron chi connectivity index (χ0n) is 14.5. The molecule has 0 unspecified atom stereocenters. The summed E-state index contributed by atoms with van der Waals surface area (Å²) in [5.41, 5.74) is 0.977. The Kier molecular flexibility index (Phi) is 7.12. The highest BCUT2D eigenvalue weighted by Gasteiger charge is 2.22. The zero-order valence-corrected chi connectivity index (χ0v) is 15.3. The summed E-state index contributed by atoms with van der Waals surface area (Å²) < 4.78 is 5.44. The fraction of sp³-hybridized carbons (Fsp3) is 0.611. The van der Waals surface area contributed by atoms with Crippen LogP contribution >= 0.6 is 12.2 Å². The van der Waals surface area contributed by atoms with Crippen LogP contribution in [-0.4, -0.2) is 41.8 Å². The van der Waals surface area contributed by atoms with Crippen LogP contribution in [0.25, 0.3) is 0 Å². The molecule has 1 aliphatic heterocycles. The predicted octanol–water partition coefficient (Wildman–Crippen LogP) is 3.63. The summed E-state index contributed by atoms with van der Waals surface area (Å²) >= 11 is 5.40. The molecule has 1 saturated heterocycles. The number of piperidine rings is 1. The van der Waals surface area contributed by atoms with E-state index in [2.05, 4.69) is 29.4 Å². The van der Waals surface area contributed by atoms with Crippen LogP contribution in [0.3, 0.4) is 0 Å². The molecule has 0 radical (unpaired) electrons. The van der Waals surface area contributed by atoms with Crippen LogP contribution in [0.5, 0.6) is 5.75 Å². The van der Waals surface area contributed by atoms with Crippen molar-refractivity contribution in [2.45, 2.75) is 52.1 Å². The molecule has 128 valence electrons. The van der Waals surface area contributed by atoms with Crippen LogP contribution in [0.1, 0.15) is 40.0 Å². The normalized spacial score (nSPS) is 19.9. The average Bonchev–Trinajstić information content (AvgIpc) is 2.55. The molecule has 0 saturated carbocycles. The number of hydrogen-bond acceptors (Lipinski definition) is 3. The highest BCUT2D eigenvalue weighted by molar-refractivity contribution is 7.80. The van der Waals surface area contributed by atoms with Gasteiger partial charge >= 0.3 is 0 Å². The molecule has 0 aromatic heterocycles. The van der Waals surface area contributed by atoms with Gasteiger partial charge in [-0.05, 0) is 76.6 Å². The first kappa shape index (κ1) is 18.0. The third-order valence-electron chi connectivity index (χ3n) is 4.40. The number of hydrogen-bond donors (Lipinski definition) is 2. The SMILES string of the molecule is CCOc1ccc(NC(=S)NC[C@H](C)N2CCCC[C@H]2C)cc1. The Morgan fingerprint density at radius 1 is 1.35 bits per heavy atom. The number of thiocarbonyl (C=S) groups is 1. The Labute approximate surface area is 145 Å². The van der Waals surface area contributed by atoms with Gasteiger partial charge in [0.2, 0.25) is 0 Å². The molecular formula is C18H29N3OS. The summed E-state index contributed by atoms with van der Waals surface area (Å²) in [7, 11) is 0. The van der Waals surface area contributed by atoms with Crippen molar-refractivity contribution in [3.05, 3.63) is 24.3 Å². The summed E-state index contributed by atoms with van der Waals surface area (Å²) in [6.07, 6.45) is 3.97. The van der Waals surface area contributed by atoms with Gasteiger partial charge in [0.15, 0.2) is 5.11 Å². The number of nitrogens with zero attached hydrogens (tertiary/aromatic N) is 1. The van der Waals surface area contributed by atoms with Gasteiger partial charge in [-0.1, -0.05) is 6.42 Å². The van der Waals surface area contributed by atoms with Gasteiger partial charge in [0.05, 0.1) is 6.61 Å². The fourth-order valence-corrected chi connectivity index (χ4v) is 3.31. The highest BCUT2D eigenvalue weighted by atomic mass is 32.1. The van der Waals surface area contributed by atoms with E-state index >= 15 is 0 Å². The second-order valence-corrected chi connectivity index (χ2v) is 6.63. The van der Waals surface area contributed by atoms with Gasteiger partial charge in [-0.15, -0.1) is 0 Å². The number of nitrogens with one attached hydrogen (secondary N) is 2. The topological polar surface area (TPSA) is 36.5 Å². The quantitative estimate of drug-likeness (QED) is 0.776. The molecule has 2 N–H and O–H groups in total. The van der Waals surface area contributed by atoms with E-state index in [9.17, 15) is 0 Å². The van der Waals surface area contributed by atoms with E-state index in [1.54, 1.807) is 0 Å². The molecule has 1 heterocycles. The summed E-state index contributed by atoms with van der Waals surface area (Å²) in [6.45, 7) is 9.33.